The monoisotopic (exact) mass is 322 g/mol. The molecule has 1 aliphatic rings. The summed E-state index contributed by atoms with van der Waals surface area (Å²) in [6.45, 7) is 3.98. The molecule has 6 heteroatoms. The Morgan fingerprint density at radius 3 is 2.61 bits per heavy atom. The molecule has 1 heterocycles. The van der Waals surface area contributed by atoms with Crippen molar-refractivity contribution in [2.24, 2.45) is 0 Å². The molecule has 1 saturated heterocycles. The van der Waals surface area contributed by atoms with Crippen LogP contribution in [-0.4, -0.2) is 36.7 Å². The molecule has 0 radical (unpaired) electrons. The first-order chi connectivity index (χ1) is 10.9. The number of amides is 1. The van der Waals surface area contributed by atoms with Crippen LogP contribution in [-0.2, 0) is 14.3 Å². The van der Waals surface area contributed by atoms with Crippen LogP contribution >= 0.6 is 0 Å². The van der Waals surface area contributed by atoms with Gasteiger partial charge in [-0.3, -0.25) is 9.59 Å². The van der Waals surface area contributed by atoms with Gasteiger partial charge >= 0.3 is 5.97 Å². The largest absolute Gasteiger partial charge is 0.463 e. The summed E-state index contributed by atoms with van der Waals surface area (Å²) in [6.07, 6.45) is -0.130. The van der Waals surface area contributed by atoms with Crippen LogP contribution in [0.15, 0.2) is 30.3 Å². The summed E-state index contributed by atoms with van der Waals surface area (Å²) < 4.78 is 19.7. The number of carbonyl (C=O) groups excluding carboxylic acids is 2. The molecule has 0 spiro atoms. The Hall–Kier alpha value is -1.95. The van der Waals surface area contributed by atoms with Crippen LogP contribution in [0.2, 0.25) is 0 Å². The van der Waals surface area contributed by atoms with E-state index in [1.165, 1.54) is 0 Å². The van der Waals surface area contributed by atoms with E-state index >= 15 is 0 Å². The molecule has 2 rings (SSSR count). The lowest BCUT2D eigenvalue weighted by Gasteiger charge is -2.24. The molecule has 0 aliphatic carbocycles. The lowest BCUT2D eigenvalue weighted by molar-refractivity contribution is -0.148. The van der Waals surface area contributed by atoms with E-state index in [1.807, 2.05) is 18.2 Å². The van der Waals surface area contributed by atoms with Crippen molar-refractivity contribution < 1.29 is 18.7 Å². The van der Waals surface area contributed by atoms with E-state index in [-0.39, 0.29) is 25.5 Å². The fourth-order valence-corrected chi connectivity index (χ4v) is 2.56. The van der Waals surface area contributed by atoms with Gasteiger partial charge in [-0.25, -0.2) is 4.39 Å². The first kappa shape index (κ1) is 17.4. The Balaban J connectivity index is 2.10. The van der Waals surface area contributed by atoms with Gasteiger partial charge in [-0.2, -0.15) is 0 Å². The van der Waals surface area contributed by atoms with Gasteiger partial charge < -0.3 is 15.4 Å². The fraction of sp³-hybridized carbons (Fsp3) is 0.529. The number of benzene rings is 1. The quantitative estimate of drug-likeness (QED) is 0.785. The summed E-state index contributed by atoms with van der Waals surface area (Å²) in [5.41, 5.74) is -1.18. The standard InChI is InChI=1S/C17H23FN2O3/c1-12(2)23-15(21)10-14(13-6-4-3-5-7-13)20-16(22)17(18)8-9-19-11-17/h3-7,12,14,19H,8-11H2,1-2H3,(H,20,22)/t14-,17-/m0/s1. The van der Waals surface area contributed by atoms with Gasteiger partial charge in [0.25, 0.3) is 5.91 Å². The first-order valence-electron chi connectivity index (χ1n) is 7.86. The van der Waals surface area contributed by atoms with E-state index in [1.54, 1.807) is 26.0 Å². The fourth-order valence-electron chi connectivity index (χ4n) is 2.56. The molecule has 0 bridgehead atoms. The molecular weight excluding hydrogens is 299 g/mol. The minimum absolute atomic E-state index is 0.00319. The summed E-state index contributed by atoms with van der Waals surface area (Å²) in [5, 5.41) is 5.51. The average Bonchev–Trinajstić information content (AvgIpc) is 2.95. The molecule has 1 amide bonds. The zero-order valence-electron chi connectivity index (χ0n) is 13.5. The van der Waals surface area contributed by atoms with Crippen LogP contribution in [0, 0.1) is 0 Å². The second-order valence-corrected chi connectivity index (χ2v) is 6.07. The molecule has 23 heavy (non-hydrogen) atoms. The lowest BCUT2D eigenvalue weighted by atomic mass is 10.00. The van der Waals surface area contributed by atoms with Crippen molar-refractivity contribution in [1.82, 2.24) is 10.6 Å². The Labute approximate surface area is 135 Å². The number of hydrogen-bond donors (Lipinski definition) is 2. The summed E-state index contributed by atoms with van der Waals surface area (Å²) in [7, 11) is 0. The molecule has 1 aliphatic heterocycles. The van der Waals surface area contributed by atoms with Crippen LogP contribution in [0.3, 0.4) is 0 Å². The smallest absolute Gasteiger partial charge is 0.308 e. The van der Waals surface area contributed by atoms with Crippen molar-refractivity contribution in [1.29, 1.82) is 0 Å². The van der Waals surface area contributed by atoms with Gasteiger partial charge in [0, 0.05) is 13.0 Å². The third-order valence-electron chi connectivity index (χ3n) is 3.76. The molecule has 1 aromatic rings. The van der Waals surface area contributed by atoms with Gasteiger partial charge in [-0.05, 0) is 26.0 Å². The highest BCUT2D eigenvalue weighted by Crippen LogP contribution is 2.24. The van der Waals surface area contributed by atoms with Gasteiger partial charge in [0.05, 0.1) is 18.6 Å². The number of esters is 1. The maximum Gasteiger partial charge on any atom is 0.308 e. The van der Waals surface area contributed by atoms with Gasteiger partial charge in [0.2, 0.25) is 5.67 Å². The zero-order valence-corrected chi connectivity index (χ0v) is 13.5. The second kappa shape index (κ2) is 7.55. The zero-order chi connectivity index (χ0) is 16.9. The number of alkyl halides is 1. The van der Waals surface area contributed by atoms with Crippen molar-refractivity contribution >= 4 is 11.9 Å². The van der Waals surface area contributed by atoms with Crippen LogP contribution in [0.25, 0.3) is 0 Å². The summed E-state index contributed by atoms with van der Waals surface area (Å²) in [6, 6.07) is 8.45. The molecule has 0 aromatic heterocycles. The van der Waals surface area contributed by atoms with Gasteiger partial charge in [-0.15, -0.1) is 0 Å². The minimum atomic E-state index is -1.92. The highest BCUT2D eigenvalue weighted by molar-refractivity contribution is 5.86. The van der Waals surface area contributed by atoms with Crippen molar-refractivity contribution in [3.05, 3.63) is 35.9 Å². The van der Waals surface area contributed by atoms with Crippen molar-refractivity contribution in [2.45, 2.75) is 44.5 Å². The Kier molecular flexibility index (Phi) is 5.71. The highest BCUT2D eigenvalue weighted by atomic mass is 19.1. The summed E-state index contributed by atoms with van der Waals surface area (Å²) in [4.78, 5) is 24.2. The van der Waals surface area contributed by atoms with Crippen LogP contribution in [0.5, 0.6) is 0 Å². The topological polar surface area (TPSA) is 67.4 Å². The number of halogens is 1. The molecule has 1 aromatic carbocycles. The second-order valence-electron chi connectivity index (χ2n) is 6.07. The molecular formula is C17H23FN2O3. The molecule has 2 N–H and O–H groups in total. The maximum absolute atomic E-state index is 14.5. The Morgan fingerprint density at radius 2 is 2.04 bits per heavy atom. The van der Waals surface area contributed by atoms with Crippen LogP contribution < -0.4 is 10.6 Å². The van der Waals surface area contributed by atoms with E-state index in [9.17, 15) is 14.0 Å². The van der Waals surface area contributed by atoms with E-state index < -0.39 is 23.6 Å². The van der Waals surface area contributed by atoms with E-state index in [2.05, 4.69) is 10.6 Å². The number of ether oxygens (including phenoxy) is 1. The molecule has 2 atom stereocenters. The molecule has 0 saturated carbocycles. The van der Waals surface area contributed by atoms with Crippen molar-refractivity contribution in [2.75, 3.05) is 13.1 Å². The Bertz CT molecular complexity index is 542. The number of nitrogens with one attached hydrogen (secondary N) is 2. The number of carbonyl (C=O) groups is 2. The normalized spacial score (nSPS) is 21.9. The third-order valence-corrected chi connectivity index (χ3v) is 3.76. The van der Waals surface area contributed by atoms with Crippen molar-refractivity contribution in [3.8, 4) is 0 Å². The van der Waals surface area contributed by atoms with Crippen LogP contribution in [0.1, 0.15) is 38.3 Å². The lowest BCUT2D eigenvalue weighted by Crippen LogP contribution is -2.46. The number of rotatable bonds is 6. The Morgan fingerprint density at radius 1 is 1.35 bits per heavy atom. The van der Waals surface area contributed by atoms with E-state index in [0.29, 0.717) is 6.54 Å². The summed E-state index contributed by atoms with van der Waals surface area (Å²) in [5.74, 6) is -1.11. The molecule has 5 nitrogen and oxygen atoms in total. The predicted octanol–water partition coefficient (Wildman–Crippen LogP) is 1.89. The first-order valence-corrected chi connectivity index (χ1v) is 7.86. The van der Waals surface area contributed by atoms with Gasteiger partial charge in [0.15, 0.2) is 0 Å². The molecule has 126 valence electrons. The number of hydrogen-bond acceptors (Lipinski definition) is 4. The molecule has 0 unspecified atom stereocenters. The van der Waals surface area contributed by atoms with Crippen LogP contribution in [0.4, 0.5) is 4.39 Å². The van der Waals surface area contributed by atoms with E-state index in [0.717, 1.165) is 5.56 Å². The highest BCUT2D eigenvalue weighted by Gasteiger charge is 2.42. The predicted molar refractivity (Wildman–Crippen MR) is 84.5 cm³/mol. The molecule has 1 fully saturated rings. The summed E-state index contributed by atoms with van der Waals surface area (Å²) >= 11 is 0. The minimum Gasteiger partial charge on any atom is -0.463 e. The average molecular weight is 322 g/mol. The van der Waals surface area contributed by atoms with E-state index in [4.69, 9.17) is 4.74 Å². The third kappa shape index (κ3) is 4.76. The van der Waals surface area contributed by atoms with Gasteiger partial charge in [0.1, 0.15) is 0 Å². The SMILES string of the molecule is CC(C)OC(=O)C[C@H](NC(=O)[C@]1(F)CCNC1)c1ccccc1. The maximum atomic E-state index is 14.5. The van der Waals surface area contributed by atoms with Gasteiger partial charge in [-0.1, -0.05) is 30.3 Å². The van der Waals surface area contributed by atoms with Crippen molar-refractivity contribution in [3.63, 3.8) is 0 Å².